The quantitative estimate of drug-likeness (QED) is 0.566. The highest BCUT2D eigenvalue weighted by molar-refractivity contribution is 7.89. The number of nitrogens with one attached hydrogen (secondary N) is 2. The molecule has 0 saturated heterocycles. The van der Waals surface area contributed by atoms with Crippen molar-refractivity contribution in [1.29, 1.82) is 0 Å². The molecule has 10 heteroatoms. The van der Waals surface area contributed by atoms with E-state index in [2.05, 4.69) is 10.0 Å². The SMILES string of the molecule is Cc1ccc(S(=O)(=O)NCCNC(=O)CN(C2CCCCC2)S(C)(=O)=O)cc1. The number of rotatable bonds is 9. The molecule has 1 saturated carbocycles. The number of aryl methyl sites for hydroxylation is 1. The summed E-state index contributed by atoms with van der Waals surface area (Å²) in [7, 11) is -7.14. The smallest absolute Gasteiger partial charge is 0.240 e. The van der Waals surface area contributed by atoms with Crippen molar-refractivity contribution in [2.75, 3.05) is 25.9 Å². The number of benzene rings is 1. The van der Waals surface area contributed by atoms with E-state index in [1.807, 2.05) is 6.92 Å². The average molecular weight is 432 g/mol. The minimum Gasteiger partial charge on any atom is -0.354 e. The minimum atomic E-state index is -3.65. The standard InChI is InChI=1S/C18H29N3O5S2/c1-15-8-10-17(11-9-15)28(25,26)20-13-12-19-18(22)14-21(27(2,23)24)16-6-4-3-5-7-16/h8-11,16,20H,3-7,12-14H2,1-2H3,(H,19,22). The molecule has 0 atom stereocenters. The summed E-state index contributed by atoms with van der Waals surface area (Å²) >= 11 is 0. The van der Waals surface area contributed by atoms with Gasteiger partial charge in [-0.2, -0.15) is 4.31 Å². The van der Waals surface area contributed by atoms with Gasteiger partial charge in [0.2, 0.25) is 26.0 Å². The first-order valence-electron chi connectivity index (χ1n) is 9.39. The second-order valence-corrected chi connectivity index (χ2v) is 10.9. The molecule has 1 amide bonds. The molecule has 0 aliphatic heterocycles. The van der Waals surface area contributed by atoms with E-state index in [-0.39, 0.29) is 30.6 Å². The van der Waals surface area contributed by atoms with Crippen molar-refractivity contribution in [2.45, 2.75) is 50.0 Å². The highest BCUT2D eigenvalue weighted by Gasteiger charge is 2.29. The molecule has 28 heavy (non-hydrogen) atoms. The fraction of sp³-hybridized carbons (Fsp3) is 0.611. The van der Waals surface area contributed by atoms with E-state index in [0.29, 0.717) is 0 Å². The van der Waals surface area contributed by atoms with Crippen LogP contribution in [0.4, 0.5) is 0 Å². The lowest BCUT2D eigenvalue weighted by atomic mass is 9.95. The van der Waals surface area contributed by atoms with Gasteiger partial charge in [-0.15, -0.1) is 0 Å². The van der Waals surface area contributed by atoms with E-state index >= 15 is 0 Å². The van der Waals surface area contributed by atoms with Gasteiger partial charge in [0.25, 0.3) is 0 Å². The Morgan fingerprint density at radius 3 is 2.21 bits per heavy atom. The minimum absolute atomic E-state index is 0.0181. The molecular formula is C18H29N3O5S2. The van der Waals surface area contributed by atoms with Crippen molar-refractivity contribution in [3.05, 3.63) is 29.8 Å². The van der Waals surface area contributed by atoms with E-state index in [0.717, 1.165) is 43.9 Å². The van der Waals surface area contributed by atoms with Gasteiger partial charge in [-0.1, -0.05) is 37.0 Å². The Balaban J connectivity index is 1.83. The van der Waals surface area contributed by atoms with Crippen LogP contribution in [-0.2, 0) is 24.8 Å². The summed E-state index contributed by atoms with van der Waals surface area (Å²) in [6.45, 7) is 1.72. The Bertz CT molecular complexity index is 861. The highest BCUT2D eigenvalue weighted by Crippen LogP contribution is 2.24. The molecule has 0 radical (unpaired) electrons. The van der Waals surface area contributed by atoms with Crippen LogP contribution in [0.25, 0.3) is 0 Å². The van der Waals surface area contributed by atoms with Gasteiger partial charge in [0.1, 0.15) is 0 Å². The number of carbonyl (C=O) groups excluding carboxylic acids is 1. The first-order chi connectivity index (χ1) is 13.1. The maximum Gasteiger partial charge on any atom is 0.240 e. The van der Waals surface area contributed by atoms with Crippen LogP contribution < -0.4 is 10.0 Å². The summed E-state index contributed by atoms with van der Waals surface area (Å²) < 4.78 is 52.2. The van der Waals surface area contributed by atoms with E-state index in [9.17, 15) is 21.6 Å². The zero-order valence-electron chi connectivity index (χ0n) is 16.3. The second-order valence-electron chi connectivity index (χ2n) is 7.16. The molecule has 1 aromatic rings. The van der Waals surface area contributed by atoms with Gasteiger partial charge in [-0.3, -0.25) is 4.79 Å². The monoisotopic (exact) mass is 431 g/mol. The second kappa shape index (κ2) is 9.82. The van der Waals surface area contributed by atoms with Crippen molar-refractivity contribution in [3.63, 3.8) is 0 Å². The molecule has 2 N–H and O–H groups in total. The number of sulfonamides is 2. The summed E-state index contributed by atoms with van der Waals surface area (Å²) in [5.74, 6) is -0.439. The maximum atomic E-state index is 12.2. The molecule has 1 aliphatic rings. The third kappa shape index (κ3) is 6.84. The predicted molar refractivity (Wildman–Crippen MR) is 108 cm³/mol. The van der Waals surface area contributed by atoms with Crippen molar-refractivity contribution < 1.29 is 21.6 Å². The Labute approximate surface area is 167 Å². The van der Waals surface area contributed by atoms with Crippen LogP contribution in [0.5, 0.6) is 0 Å². The normalized spacial score (nSPS) is 16.2. The first-order valence-corrected chi connectivity index (χ1v) is 12.7. The summed E-state index contributed by atoms with van der Waals surface area (Å²) in [6.07, 6.45) is 5.64. The Hall–Kier alpha value is -1.49. The zero-order chi connectivity index (χ0) is 20.8. The van der Waals surface area contributed by atoms with E-state index in [1.165, 1.54) is 16.4 Å². The Morgan fingerprint density at radius 2 is 1.64 bits per heavy atom. The van der Waals surface area contributed by atoms with Crippen molar-refractivity contribution in [2.24, 2.45) is 0 Å². The predicted octanol–water partition coefficient (Wildman–Crippen LogP) is 0.984. The van der Waals surface area contributed by atoms with Crippen LogP contribution in [0.2, 0.25) is 0 Å². The van der Waals surface area contributed by atoms with Crippen LogP contribution in [0.3, 0.4) is 0 Å². The molecule has 1 aliphatic carbocycles. The summed E-state index contributed by atoms with van der Waals surface area (Å²) in [6, 6.07) is 6.31. The van der Waals surface area contributed by atoms with E-state index < -0.39 is 26.0 Å². The molecule has 0 bridgehead atoms. The third-order valence-electron chi connectivity index (χ3n) is 4.78. The number of amides is 1. The van der Waals surface area contributed by atoms with E-state index in [4.69, 9.17) is 0 Å². The highest BCUT2D eigenvalue weighted by atomic mass is 32.2. The summed E-state index contributed by atoms with van der Waals surface area (Å²) in [4.78, 5) is 12.3. The van der Waals surface area contributed by atoms with Crippen LogP contribution in [-0.4, -0.2) is 59.0 Å². The molecule has 0 unspecified atom stereocenters. The Kier molecular flexibility index (Phi) is 7.99. The Morgan fingerprint density at radius 1 is 1.04 bits per heavy atom. The van der Waals surface area contributed by atoms with Crippen LogP contribution in [0.1, 0.15) is 37.7 Å². The topological polar surface area (TPSA) is 113 Å². The van der Waals surface area contributed by atoms with Gasteiger partial charge >= 0.3 is 0 Å². The van der Waals surface area contributed by atoms with Gasteiger partial charge in [-0.25, -0.2) is 21.6 Å². The van der Waals surface area contributed by atoms with E-state index in [1.54, 1.807) is 12.1 Å². The van der Waals surface area contributed by atoms with Gasteiger partial charge in [0.05, 0.1) is 17.7 Å². The third-order valence-corrected chi connectivity index (χ3v) is 7.53. The number of carbonyl (C=O) groups is 1. The summed E-state index contributed by atoms with van der Waals surface area (Å²) in [5, 5.41) is 2.59. The van der Waals surface area contributed by atoms with Crippen LogP contribution in [0.15, 0.2) is 29.2 Å². The van der Waals surface area contributed by atoms with Gasteiger partial charge < -0.3 is 5.32 Å². The largest absolute Gasteiger partial charge is 0.354 e. The number of hydrogen-bond acceptors (Lipinski definition) is 5. The average Bonchev–Trinajstić information content (AvgIpc) is 2.63. The van der Waals surface area contributed by atoms with Crippen molar-refractivity contribution in [1.82, 2.24) is 14.3 Å². The van der Waals surface area contributed by atoms with Crippen LogP contribution >= 0.6 is 0 Å². The molecule has 1 fully saturated rings. The maximum absolute atomic E-state index is 12.2. The lowest BCUT2D eigenvalue weighted by molar-refractivity contribution is -0.121. The molecule has 0 heterocycles. The van der Waals surface area contributed by atoms with Crippen molar-refractivity contribution in [3.8, 4) is 0 Å². The fourth-order valence-electron chi connectivity index (χ4n) is 3.27. The van der Waals surface area contributed by atoms with Gasteiger partial charge in [-0.05, 0) is 31.9 Å². The first kappa shape index (κ1) is 22.8. The molecule has 2 rings (SSSR count). The molecule has 8 nitrogen and oxygen atoms in total. The molecule has 0 spiro atoms. The molecule has 0 aromatic heterocycles. The fourth-order valence-corrected chi connectivity index (χ4v) is 5.41. The molecule has 158 valence electrons. The summed E-state index contributed by atoms with van der Waals surface area (Å²) in [5.41, 5.74) is 0.958. The van der Waals surface area contributed by atoms with Gasteiger partial charge in [0, 0.05) is 19.1 Å². The number of hydrogen-bond donors (Lipinski definition) is 2. The zero-order valence-corrected chi connectivity index (χ0v) is 18.0. The lowest BCUT2D eigenvalue weighted by Gasteiger charge is -2.31. The number of nitrogens with zero attached hydrogens (tertiary/aromatic N) is 1. The van der Waals surface area contributed by atoms with Gasteiger partial charge in [0.15, 0.2) is 0 Å². The van der Waals surface area contributed by atoms with Crippen molar-refractivity contribution >= 4 is 26.0 Å². The molecule has 1 aromatic carbocycles. The van der Waals surface area contributed by atoms with Crippen LogP contribution in [0, 0.1) is 6.92 Å². The molecular weight excluding hydrogens is 402 g/mol. The lowest BCUT2D eigenvalue weighted by Crippen LogP contribution is -2.47.